The topological polar surface area (TPSA) is 39.9 Å². The van der Waals surface area contributed by atoms with Crippen molar-refractivity contribution in [1.82, 2.24) is 14.8 Å². The number of aromatic nitrogens is 3. The van der Waals surface area contributed by atoms with E-state index in [1.165, 1.54) is 21.9 Å². The molecule has 0 aliphatic carbocycles. The fourth-order valence-corrected chi connectivity index (χ4v) is 4.94. The number of ether oxygens (including phenoxy) is 1. The lowest BCUT2D eigenvalue weighted by atomic mass is 10.1. The summed E-state index contributed by atoms with van der Waals surface area (Å²) in [5.74, 6) is 2.50. The average molecular weight is 452 g/mol. The molecule has 0 saturated carbocycles. The van der Waals surface area contributed by atoms with Crippen molar-refractivity contribution in [3.8, 4) is 22.8 Å². The second-order valence-corrected chi connectivity index (χ2v) is 8.81. The Morgan fingerprint density at radius 3 is 2.45 bits per heavy atom. The van der Waals surface area contributed by atoms with E-state index < -0.39 is 0 Å². The van der Waals surface area contributed by atoms with Crippen LogP contribution in [0.1, 0.15) is 18.1 Å². The minimum atomic E-state index is 0.645. The highest BCUT2D eigenvalue weighted by Crippen LogP contribution is 2.32. The molecule has 4 aromatic carbocycles. The van der Waals surface area contributed by atoms with Gasteiger partial charge in [-0.3, -0.25) is 4.57 Å². The Morgan fingerprint density at radius 2 is 1.64 bits per heavy atom. The van der Waals surface area contributed by atoms with Gasteiger partial charge >= 0.3 is 0 Å². The van der Waals surface area contributed by atoms with Gasteiger partial charge in [0.1, 0.15) is 5.75 Å². The normalized spacial score (nSPS) is 11.1. The largest absolute Gasteiger partial charge is 0.494 e. The number of rotatable bonds is 7. The fourth-order valence-electron chi connectivity index (χ4n) is 3.99. The molecule has 0 spiro atoms. The molecule has 0 fully saturated rings. The summed E-state index contributed by atoms with van der Waals surface area (Å²) in [4.78, 5) is 0. The predicted octanol–water partition coefficient (Wildman–Crippen LogP) is 7.09. The van der Waals surface area contributed by atoms with Crippen molar-refractivity contribution in [1.29, 1.82) is 0 Å². The van der Waals surface area contributed by atoms with E-state index in [9.17, 15) is 0 Å². The molecular formula is C28H25N3OS. The molecule has 0 amide bonds. The van der Waals surface area contributed by atoms with Crippen LogP contribution in [0, 0.1) is 6.92 Å². The molecule has 5 heteroatoms. The van der Waals surface area contributed by atoms with E-state index in [-0.39, 0.29) is 0 Å². The van der Waals surface area contributed by atoms with Gasteiger partial charge in [-0.1, -0.05) is 78.0 Å². The quantitative estimate of drug-likeness (QED) is 0.248. The molecule has 0 atom stereocenters. The molecule has 0 N–H and O–H groups in total. The van der Waals surface area contributed by atoms with Crippen LogP contribution in [0.4, 0.5) is 0 Å². The van der Waals surface area contributed by atoms with Crippen LogP contribution in [0.3, 0.4) is 0 Å². The molecule has 33 heavy (non-hydrogen) atoms. The minimum Gasteiger partial charge on any atom is -0.494 e. The highest BCUT2D eigenvalue weighted by atomic mass is 32.2. The first-order valence-electron chi connectivity index (χ1n) is 11.1. The fraction of sp³-hybridized carbons (Fsp3) is 0.143. The van der Waals surface area contributed by atoms with E-state index in [1.807, 2.05) is 19.1 Å². The number of aryl methyl sites for hydroxylation is 1. The minimum absolute atomic E-state index is 0.645. The van der Waals surface area contributed by atoms with Gasteiger partial charge in [0.25, 0.3) is 0 Å². The van der Waals surface area contributed by atoms with Crippen LogP contribution in [0.5, 0.6) is 5.75 Å². The molecular weight excluding hydrogens is 426 g/mol. The Bertz CT molecular complexity index is 1390. The number of benzene rings is 4. The van der Waals surface area contributed by atoms with E-state index in [4.69, 9.17) is 4.74 Å². The Hall–Kier alpha value is -3.57. The van der Waals surface area contributed by atoms with Crippen LogP contribution >= 0.6 is 11.8 Å². The summed E-state index contributed by atoms with van der Waals surface area (Å²) in [5, 5.41) is 12.6. The standard InChI is InChI=1S/C28H25N3OS/c1-3-32-25-16-14-24(15-17-25)31-27(22-11-6-8-20(2)18-22)29-30-28(31)33-19-23-12-7-10-21-9-4-5-13-26(21)23/h4-18H,3,19H2,1-2H3. The molecule has 0 aliphatic heterocycles. The maximum atomic E-state index is 5.64. The summed E-state index contributed by atoms with van der Waals surface area (Å²) in [6.45, 7) is 4.73. The van der Waals surface area contributed by atoms with Crippen LogP contribution in [0.2, 0.25) is 0 Å². The summed E-state index contributed by atoms with van der Waals surface area (Å²) in [5.41, 5.74) is 4.55. The highest BCUT2D eigenvalue weighted by Gasteiger charge is 2.17. The molecule has 0 saturated heterocycles. The van der Waals surface area contributed by atoms with Gasteiger partial charge < -0.3 is 4.74 Å². The molecule has 5 rings (SSSR count). The van der Waals surface area contributed by atoms with Crippen molar-refractivity contribution in [3.63, 3.8) is 0 Å². The van der Waals surface area contributed by atoms with Crippen LogP contribution in [-0.4, -0.2) is 21.4 Å². The van der Waals surface area contributed by atoms with Gasteiger partial charge in [0.05, 0.1) is 6.61 Å². The second-order valence-electron chi connectivity index (χ2n) is 7.86. The molecule has 0 bridgehead atoms. The Morgan fingerprint density at radius 1 is 0.848 bits per heavy atom. The Kier molecular flexibility index (Phi) is 6.13. The van der Waals surface area contributed by atoms with Gasteiger partial charge in [0, 0.05) is 17.0 Å². The lowest BCUT2D eigenvalue weighted by Crippen LogP contribution is -2.00. The Balaban J connectivity index is 1.54. The van der Waals surface area contributed by atoms with Gasteiger partial charge in [-0.2, -0.15) is 0 Å². The maximum Gasteiger partial charge on any atom is 0.196 e. The zero-order valence-electron chi connectivity index (χ0n) is 18.7. The van der Waals surface area contributed by atoms with Crippen molar-refractivity contribution in [2.75, 3.05) is 6.61 Å². The molecule has 164 valence electrons. The summed E-state index contributed by atoms with van der Waals surface area (Å²) < 4.78 is 7.78. The molecule has 4 nitrogen and oxygen atoms in total. The van der Waals surface area contributed by atoms with Crippen LogP contribution in [0.25, 0.3) is 27.8 Å². The number of thioether (sulfide) groups is 1. The Labute approximate surface area is 198 Å². The lowest BCUT2D eigenvalue weighted by Gasteiger charge is -2.12. The summed E-state index contributed by atoms with van der Waals surface area (Å²) in [6.07, 6.45) is 0. The van der Waals surface area contributed by atoms with Crippen LogP contribution < -0.4 is 4.74 Å². The highest BCUT2D eigenvalue weighted by molar-refractivity contribution is 7.98. The van der Waals surface area contributed by atoms with Crippen LogP contribution in [0.15, 0.2) is 96.2 Å². The number of hydrogen-bond donors (Lipinski definition) is 0. The number of hydrogen-bond acceptors (Lipinski definition) is 4. The zero-order chi connectivity index (χ0) is 22.6. The molecule has 5 aromatic rings. The molecule has 1 heterocycles. The number of fused-ring (bicyclic) bond motifs is 1. The van der Waals surface area contributed by atoms with Crippen molar-refractivity contribution in [2.45, 2.75) is 24.8 Å². The summed E-state index contributed by atoms with van der Waals surface area (Å²) in [6, 6.07) is 31.5. The zero-order valence-corrected chi connectivity index (χ0v) is 19.5. The first-order valence-corrected chi connectivity index (χ1v) is 12.1. The van der Waals surface area contributed by atoms with Gasteiger partial charge in [0.15, 0.2) is 11.0 Å². The summed E-state index contributed by atoms with van der Waals surface area (Å²) >= 11 is 1.70. The van der Waals surface area contributed by atoms with E-state index in [1.54, 1.807) is 11.8 Å². The molecule has 0 radical (unpaired) electrons. The third-order valence-corrected chi connectivity index (χ3v) is 6.53. The predicted molar refractivity (Wildman–Crippen MR) is 136 cm³/mol. The lowest BCUT2D eigenvalue weighted by molar-refractivity contribution is 0.340. The van der Waals surface area contributed by atoms with Crippen molar-refractivity contribution < 1.29 is 4.74 Å². The van der Waals surface area contributed by atoms with Crippen molar-refractivity contribution >= 4 is 22.5 Å². The van der Waals surface area contributed by atoms with Gasteiger partial charge in [-0.05, 0) is 60.5 Å². The SMILES string of the molecule is CCOc1ccc(-n2c(SCc3cccc4ccccc34)nnc2-c2cccc(C)c2)cc1. The van der Waals surface area contributed by atoms with E-state index in [0.717, 1.165) is 33.7 Å². The smallest absolute Gasteiger partial charge is 0.196 e. The molecule has 0 aliphatic rings. The first kappa shape index (κ1) is 21.3. The number of nitrogens with zero attached hydrogens (tertiary/aromatic N) is 3. The molecule has 0 unspecified atom stereocenters. The van der Waals surface area contributed by atoms with Crippen molar-refractivity contribution in [2.24, 2.45) is 0 Å². The van der Waals surface area contributed by atoms with E-state index in [0.29, 0.717) is 6.61 Å². The van der Waals surface area contributed by atoms with E-state index >= 15 is 0 Å². The van der Waals surface area contributed by atoms with E-state index in [2.05, 4.69) is 101 Å². The van der Waals surface area contributed by atoms with Crippen molar-refractivity contribution in [3.05, 3.63) is 102 Å². The molecule has 1 aromatic heterocycles. The van der Waals surface area contributed by atoms with Gasteiger partial charge in [-0.15, -0.1) is 10.2 Å². The first-order chi connectivity index (χ1) is 16.2. The van der Waals surface area contributed by atoms with Gasteiger partial charge in [0.2, 0.25) is 0 Å². The third kappa shape index (κ3) is 4.50. The monoisotopic (exact) mass is 451 g/mol. The maximum absolute atomic E-state index is 5.64. The third-order valence-electron chi connectivity index (χ3n) is 5.55. The van der Waals surface area contributed by atoms with Crippen LogP contribution in [-0.2, 0) is 5.75 Å². The summed E-state index contributed by atoms with van der Waals surface area (Å²) in [7, 11) is 0. The second kappa shape index (κ2) is 9.51. The van der Waals surface area contributed by atoms with Gasteiger partial charge in [-0.25, -0.2) is 0 Å². The average Bonchev–Trinajstić information content (AvgIpc) is 3.27.